The minimum absolute atomic E-state index is 0.560. The Hall–Kier alpha value is -2.08. The fourth-order valence-corrected chi connectivity index (χ4v) is 3.02. The molecule has 0 N–H and O–H groups in total. The number of hydrogen-bond acceptors (Lipinski definition) is 3. The SMILES string of the molecule is CCN(C)/C=N\c1cc(C)c(N(C)c2ccc(SC(F)F)cc2)cc1C. The number of nitrogens with zero attached hydrogens (tertiary/aromatic N) is 3. The summed E-state index contributed by atoms with van der Waals surface area (Å²) in [5.74, 6) is -2.40. The van der Waals surface area contributed by atoms with E-state index in [9.17, 15) is 8.78 Å². The van der Waals surface area contributed by atoms with Crippen LogP contribution < -0.4 is 4.90 Å². The van der Waals surface area contributed by atoms with Crippen LogP contribution in [0, 0.1) is 13.8 Å². The third-order valence-electron chi connectivity index (χ3n) is 4.22. The van der Waals surface area contributed by atoms with Crippen molar-refractivity contribution in [3.05, 3.63) is 47.5 Å². The van der Waals surface area contributed by atoms with Gasteiger partial charge in [0.15, 0.2) is 0 Å². The predicted octanol–water partition coefficient (Wildman–Crippen LogP) is 6.00. The van der Waals surface area contributed by atoms with E-state index in [1.54, 1.807) is 12.1 Å². The number of hydrogen-bond donors (Lipinski definition) is 0. The highest BCUT2D eigenvalue weighted by Crippen LogP contribution is 2.33. The number of alkyl halides is 2. The number of thioether (sulfide) groups is 1. The Morgan fingerprint density at radius 1 is 1.08 bits per heavy atom. The summed E-state index contributed by atoms with van der Waals surface area (Å²) < 4.78 is 24.9. The molecule has 0 fully saturated rings. The first-order valence-corrected chi connectivity index (χ1v) is 9.34. The van der Waals surface area contributed by atoms with Crippen LogP contribution in [0.1, 0.15) is 18.1 Å². The smallest absolute Gasteiger partial charge is 0.288 e. The van der Waals surface area contributed by atoms with Crippen molar-refractivity contribution in [1.82, 2.24) is 4.90 Å². The lowest BCUT2D eigenvalue weighted by Crippen LogP contribution is -2.14. The van der Waals surface area contributed by atoms with Gasteiger partial charge in [-0.2, -0.15) is 8.78 Å². The summed E-state index contributed by atoms with van der Waals surface area (Å²) in [6.45, 7) is 7.07. The molecule has 26 heavy (non-hydrogen) atoms. The first-order valence-electron chi connectivity index (χ1n) is 8.46. The first kappa shape index (κ1) is 20.2. The second-order valence-electron chi connectivity index (χ2n) is 6.17. The van der Waals surface area contributed by atoms with Crippen molar-refractivity contribution < 1.29 is 8.78 Å². The van der Waals surface area contributed by atoms with Crippen LogP contribution in [0.2, 0.25) is 0 Å². The average Bonchev–Trinajstić information content (AvgIpc) is 2.61. The Bertz CT molecular complexity index is 760. The summed E-state index contributed by atoms with van der Waals surface area (Å²) in [6.07, 6.45) is 1.84. The van der Waals surface area contributed by atoms with Crippen molar-refractivity contribution in [3.63, 3.8) is 0 Å². The van der Waals surface area contributed by atoms with Crippen LogP contribution in [0.15, 0.2) is 46.3 Å². The summed E-state index contributed by atoms with van der Waals surface area (Å²) in [7, 11) is 3.97. The summed E-state index contributed by atoms with van der Waals surface area (Å²) in [4.78, 5) is 9.20. The zero-order valence-corrected chi connectivity index (χ0v) is 16.6. The highest BCUT2D eigenvalue weighted by molar-refractivity contribution is 7.99. The van der Waals surface area contributed by atoms with Gasteiger partial charge in [0.1, 0.15) is 0 Å². The number of halogens is 2. The molecular weight excluding hydrogens is 352 g/mol. The lowest BCUT2D eigenvalue weighted by molar-refractivity contribution is 0.252. The van der Waals surface area contributed by atoms with Crippen molar-refractivity contribution in [2.45, 2.75) is 31.4 Å². The highest BCUT2D eigenvalue weighted by Gasteiger charge is 2.11. The Balaban J connectivity index is 2.25. The van der Waals surface area contributed by atoms with E-state index in [0.29, 0.717) is 16.7 Å². The first-order chi connectivity index (χ1) is 12.3. The standard InChI is InChI=1S/C20H25F2N3S/c1-6-24(4)13-23-18-11-15(3)19(12-14(18)2)25(5)16-7-9-17(10-8-16)26-20(21)22/h7-13,20H,6H2,1-5H3/b23-13-. The number of anilines is 2. The molecule has 140 valence electrons. The van der Waals surface area contributed by atoms with Gasteiger partial charge >= 0.3 is 0 Å². The molecule has 0 aliphatic heterocycles. The van der Waals surface area contributed by atoms with E-state index < -0.39 is 5.76 Å². The molecule has 0 bridgehead atoms. The van der Waals surface area contributed by atoms with Gasteiger partial charge in [-0.1, -0.05) is 11.8 Å². The molecule has 0 saturated heterocycles. The number of aliphatic imine (C=N–C) groups is 1. The summed E-state index contributed by atoms with van der Waals surface area (Å²) in [5, 5.41) is 0. The molecule has 0 aliphatic rings. The Kier molecular flexibility index (Phi) is 7.03. The van der Waals surface area contributed by atoms with Crippen LogP contribution >= 0.6 is 11.8 Å². The normalized spacial score (nSPS) is 11.4. The van der Waals surface area contributed by atoms with Crippen molar-refractivity contribution in [3.8, 4) is 0 Å². The van der Waals surface area contributed by atoms with E-state index in [2.05, 4.69) is 35.9 Å². The van der Waals surface area contributed by atoms with Gasteiger partial charge in [-0.3, -0.25) is 0 Å². The maximum atomic E-state index is 12.5. The van der Waals surface area contributed by atoms with Gasteiger partial charge < -0.3 is 9.80 Å². The van der Waals surface area contributed by atoms with Crippen molar-refractivity contribution in [1.29, 1.82) is 0 Å². The number of rotatable bonds is 7. The van der Waals surface area contributed by atoms with Gasteiger partial charge in [-0.15, -0.1) is 0 Å². The molecule has 2 aromatic carbocycles. The van der Waals surface area contributed by atoms with E-state index in [-0.39, 0.29) is 0 Å². The predicted molar refractivity (Wildman–Crippen MR) is 109 cm³/mol. The third kappa shape index (κ3) is 5.21. The van der Waals surface area contributed by atoms with Crippen LogP contribution in [0.5, 0.6) is 0 Å². The van der Waals surface area contributed by atoms with E-state index in [4.69, 9.17) is 0 Å². The summed E-state index contributed by atoms with van der Waals surface area (Å²) >= 11 is 0.560. The third-order valence-corrected chi connectivity index (χ3v) is 4.94. The van der Waals surface area contributed by atoms with Gasteiger partial charge in [-0.05, 0) is 68.3 Å². The zero-order valence-electron chi connectivity index (χ0n) is 15.8. The molecule has 3 nitrogen and oxygen atoms in total. The minimum Gasteiger partial charge on any atom is -0.366 e. The van der Waals surface area contributed by atoms with E-state index in [0.717, 1.165) is 34.7 Å². The summed E-state index contributed by atoms with van der Waals surface area (Å²) in [6, 6.07) is 11.4. The van der Waals surface area contributed by atoms with Crippen LogP contribution in [-0.4, -0.2) is 37.6 Å². The average molecular weight is 378 g/mol. The maximum absolute atomic E-state index is 12.5. The molecule has 0 spiro atoms. The molecule has 0 atom stereocenters. The molecule has 2 aromatic rings. The Morgan fingerprint density at radius 3 is 2.31 bits per heavy atom. The highest BCUT2D eigenvalue weighted by atomic mass is 32.2. The molecular formula is C20H25F2N3S. The molecule has 0 unspecified atom stereocenters. The van der Waals surface area contributed by atoms with Crippen LogP contribution in [0.3, 0.4) is 0 Å². The van der Waals surface area contributed by atoms with Crippen molar-refractivity contribution in [2.75, 3.05) is 25.5 Å². The van der Waals surface area contributed by atoms with Gasteiger partial charge in [0.25, 0.3) is 5.76 Å². The lowest BCUT2D eigenvalue weighted by atomic mass is 10.1. The monoisotopic (exact) mass is 377 g/mol. The zero-order chi connectivity index (χ0) is 19.3. The molecule has 0 heterocycles. The molecule has 2 rings (SSSR count). The maximum Gasteiger partial charge on any atom is 0.288 e. The molecule has 0 radical (unpaired) electrons. The molecule has 0 saturated carbocycles. The number of benzene rings is 2. The fourth-order valence-electron chi connectivity index (χ4n) is 2.52. The van der Waals surface area contributed by atoms with E-state index in [1.165, 1.54) is 0 Å². The van der Waals surface area contributed by atoms with Crippen LogP contribution in [0.25, 0.3) is 0 Å². The lowest BCUT2D eigenvalue weighted by Gasteiger charge is -2.23. The van der Waals surface area contributed by atoms with E-state index in [1.807, 2.05) is 44.4 Å². The molecule has 6 heteroatoms. The Morgan fingerprint density at radius 2 is 1.73 bits per heavy atom. The topological polar surface area (TPSA) is 18.8 Å². The van der Waals surface area contributed by atoms with Gasteiger partial charge in [-0.25, -0.2) is 4.99 Å². The van der Waals surface area contributed by atoms with Crippen LogP contribution in [0.4, 0.5) is 25.8 Å². The van der Waals surface area contributed by atoms with Gasteiger partial charge in [0.05, 0.1) is 12.0 Å². The fraction of sp³-hybridized carbons (Fsp3) is 0.350. The quantitative estimate of drug-likeness (QED) is 0.335. The largest absolute Gasteiger partial charge is 0.366 e. The van der Waals surface area contributed by atoms with Crippen molar-refractivity contribution in [2.24, 2.45) is 4.99 Å². The minimum atomic E-state index is -2.40. The molecule has 0 aliphatic carbocycles. The summed E-state index contributed by atoms with van der Waals surface area (Å²) in [5.41, 5.74) is 5.16. The molecule has 0 amide bonds. The van der Waals surface area contributed by atoms with Gasteiger partial charge in [0, 0.05) is 36.9 Å². The molecule has 0 aromatic heterocycles. The van der Waals surface area contributed by atoms with Gasteiger partial charge in [0.2, 0.25) is 0 Å². The van der Waals surface area contributed by atoms with Crippen molar-refractivity contribution >= 4 is 35.2 Å². The second-order valence-corrected chi connectivity index (χ2v) is 7.24. The number of aryl methyl sites for hydroxylation is 2. The van der Waals surface area contributed by atoms with Crippen LogP contribution in [-0.2, 0) is 0 Å². The Labute approximate surface area is 158 Å². The second kappa shape index (κ2) is 9.03. The van der Waals surface area contributed by atoms with E-state index >= 15 is 0 Å².